The number of carbonyl (C=O) groups excluding carboxylic acids is 2. The van der Waals surface area contributed by atoms with Crippen molar-refractivity contribution in [2.24, 2.45) is 4.99 Å². The lowest BCUT2D eigenvalue weighted by Crippen LogP contribution is -2.38. The molecule has 4 rings (SSSR count). The van der Waals surface area contributed by atoms with Crippen molar-refractivity contribution in [3.63, 3.8) is 0 Å². The molecule has 0 spiro atoms. The number of amides is 1. The van der Waals surface area contributed by atoms with Crippen molar-refractivity contribution in [3.05, 3.63) is 93.7 Å². The van der Waals surface area contributed by atoms with Crippen LogP contribution in [0.15, 0.2) is 82.0 Å². The Hall–Kier alpha value is -3.32. The molecule has 6 nitrogen and oxygen atoms in total. The van der Waals surface area contributed by atoms with Gasteiger partial charge in [-0.05, 0) is 35.4 Å². The fraction of sp³-hybridized carbons (Fsp3) is 0.269. The van der Waals surface area contributed by atoms with Gasteiger partial charge in [-0.3, -0.25) is 4.79 Å². The van der Waals surface area contributed by atoms with Gasteiger partial charge in [0.25, 0.3) is 0 Å². The van der Waals surface area contributed by atoms with Gasteiger partial charge in [-0.1, -0.05) is 73.3 Å². The molecule has 1 N–H and O–H groups in total. The first kappa shape index (κ1) is 22.9. The minimum absolute atomic E-state index is 0.0830. The molecule has 1 unspecified atom stereocenters. The summed E-state index contributed by atoms with van der Waals surface area (Å²) < 4.78 is 5.17. The monoisotopic (exact) mass is 461 g/mol. The molecule has 2 aliphatic heterocycles. The summed E-state index contributed by atoms with van der Waals surface area (Å²) in [5, 5.41) is 5.73. The molecule has 1 atom stereocenters. The van der Waals surface area contributed by atoms with Crippen LogP contribution in [0.2, 0.25) is 0 Å². The number of carbonyl (C=O) groups is 2. The zero-order chi connectivity index (χ0) is 23.4. The number of hydrogen-bond acceptors (Lipinski definition) is 6. The summed E-state index contributed by atoms with van der Waals surface area (Å²) in [4.78, 5) is 32.5. The lowest BCUT2D eigenvalue weighted by Gasteiger charge is -2.37. The van der Waals surface area contributed by atoms with Gasteiger partial charge in [0.2, 0.25) is 5.91 Å². The van der Waals surface area contributed by atoms with Crippen LogP contribution in [-0.4, -0.2) is 29.1 Å². The lowest BCUT2D eigenvalue weighted by atomic mass is 9.90. The van der Waals surface area contributed by atoms with Crippen LogP contribution in [0, 0.1) is 6.92 Å². The van der Waals surface area contributed by atoms with Crippen LogP contribution in [0.1, 0.15) is 42.5 Å². The number of methoxy groups -OCH3 is 1. The van der Waals surface area contributed by atoms with Crippen molar-refractivity contribution < 1.29 is 14.3 Å². The quantitative estimate of drug-likeness (QED) is 0.598. The van der Waals surface area contributed by atoms with Gasteiger partial charge in [0.15, 0.2) is 5.17 Å². The Bertz CT molecular complexity index is 1150. The van der Waals surface area contributed by atoms with E-state index < -0.39 is 12.0 Å². The van der Waals surface area contributed by atoms with E-state index in [4.69, 9.17) is 9.73 Å². The number of esters is 1. The summed E-state index contributed by atoms with van der Waals surface area (Å²) >= 11 is 1.48. The highest BCUT2D eigenvalue weighted by Crippen LogP contribution is 2.46. The highest BCUT2D eigenvalue weighted by Gasteiger charge is 2.41. The average molecular weight is 462 g/mol. The van der Waals surface area contributed by atoms with Crippen LogP contribution in [0.4, 0.5) is 0 Å². The zero-order valence-electron chi connectivity index (χ0n) is 19.0. The van der Waals surface area contributed by atoms with E-state index in [1.807, 2.05) is 78.8 Å². The molecule has 33 heavy (non-hydrogen) atoms. The van der Waals surface area contributed by atoms with Gasteiger partial charge in [-0.2, -0.15) is 0 Å². The van der Waals surface area contributed by atoms with E-state index in [0.29, 0.717) is 18.5 Å². The van der Waals surface area contributed by atoms with Crippen molar-refractivity contribution in [2.45, 2.75) is 39.3 Å². The molecule has 2 heterocycles. The molecule has 0 aliphatic carbocycles. The summed E-state index contributed by atoms with van der Waals surface area (Å²) in [5.41, 5.74) is 5.16. The molecular formula is C26H27N3O3S. The van der Waals surface area contributed by atoms with Crippen LogP contribution < -0.4 is 5.32 Å². The molecule has 2 aromatic carbocycles. The Balaban J connectivity index is 1.65. The number of thioether (sulfide) groups is 1. The number of aliphatic imine (C=N–C) groups is 1. The highest BCUT2D eigenvalue weighted by molar-refractivity contribution is 8.16. The molecule has 0 aromatic heterocycles. The van der Waals surface area contributed by atoms with E-state index in [1.54, 1.807) is 0 Å². The number of allylic oxidation sites excluding steroid dienone is 1. The molecule has 0 bridgehead atoms. The zero-order valence-corrected chi connectivity index (χ0v) is 19.8. The maximum atomic E-state index is 12.9. The molecule has 7 heteroatoms. The Morgan fingerprint density at radius 3 is 2.55 bits per heavy atom. The number of nitrogens with zero attached hydrogens (tertiary/aromatic N) is 2. The maximum absolute atomic E-state index is 12.9. The summed E-state index contributed by atoms with van der Waals surface area (Å²) in [6, 6.07) is 17.4. The number of benzene rings is 2. The Morgan fingerprint density at radius 1 is 1.12 bits per heavy atom. The topological polar surface area (TPSA) is 71.0 Å². The molecule has 0 fully saturated rings. The summed E-state index contributed by atoms with van der Waals surface area (Å²) in [6.07, 6.45) is 0.800. The minimum atomic E-state index is -0.399. The number of amidine groups is 1. The van der Waals surface area contributed by atoms with E-state index in [1.165, 1.54) is 18.9 Å². The third-order valence-electron chi connectivity index (χ3n) is 5.79. The normalized spacial score (nSPS) is 17.3. The molecule has 0 saturated heterocycles. The standard InChI is InChI=1S/C26H27N3O3S/c1-4-21-23(25(31)32-3)24(20-13-9-8-10-17(20)2)29-19(16-33-26(29)28-21)14-22(30)27-15-18-11-6-5-7-12-18/h5-13,16,24H,4,14-15H2,1-3H3,(H,27,30). The van der Waals surface area contributed by atoms with E-state index in [-0.39, 0.29) is 12.3 Å². The Kier molecular flexibility index (Phi) is 6.99. The van der Waals surface area contributed by atoms with Crippen LogP contribution in [-0.2, 0) is 20.9 Å². The van der Waals surface area contributed by atoms with Gasteiger partial charge in [0, 0.05) is 12.2 Å². The second-order valence-corrected chi connectivity index (χ2v) is 8.73. The van der Waals surface area contributed by atoms with E-state index in [9.17, 15) is 9.59 Å². The minimum Gasteiger partial charge on any atom is -0.466 e. The van der Waals surface area contributed by atoms with Crippen LogP contribution in [0.5, 0.6) is 0 Å². The number of fused-ring (bicyclic) bond motifs is 1. The molecule has 170 valence electrons. The number of ether oxygens (including phenoxy) is 1. The van der Waals surface area contributed by atoms with Crippen LogP contribution in [0.3, 0.4) is 0 Å². The van der Waals surface area contributed by atoms with Crippen molar-refractivity contribution in [3.8, 4) is 0 Å². The van der Waals surface area contributed by atoms with Gasteiger partial charge >= 0.3 is 5.97 Å². The third kappa shape index (κ3) is 4.73. The maximum Gasteiger partial charge on any atom is 0.338 e. The second-order valence-electron chi connectivity index (χ2n) is 7.90. The fourth-order valence-corrected chi connectivity index (χ4v) is 5.06. The Labute approximate surface area is 198 Å². The third-order valence-corrected chi connectivity index (χ3v) is 6.68. The van der Waals surface area contributed by atoms with Crippen LogP contribution >= 0.6 is 11.8 Å². The molecule has 2 aromatic rings. The Morgan fingerprint density at radius 2 is 1.85 bits per heavy atom. The largest absolute Gasteiger partial charge is 0.466 e. The first-order valence-corrected chi connectivity index (χ1v) is 11.8. The number of nitrogens with one attached hydrogen (secondary N) is 1. The van der Waals surface area contributed by atoms with Crippen molar-refractivity contribution in [1.82, 2.24) is 10.2 Å². The fourth-order valence-electron chi connectivity index (χ4n) is 4.12. The smallest absolute Gasteiger partial charge is 0.338 e. The lowest BCUT2D eigenvalue weighted by molar-refractivity contribution is -0.136. The van der Waals surface area contributed by atoms with Crippen molar-refractivity contribution in [2.75, 3.05) is 7.11 Å². The molecule has 0 saturated carbocycles. The van der Waals surface area contributed by atoms with Gasteiger partial charge < -0.3 is 15.0 Å². The van der Waals surface area contributed by atoms with E-state index >= 15 is 0 Å². The number of hydrogen-bond donors (Lipinski definition) is 1. The summed E-state index contributed by atoms with van der Waals surface area (Å²) in [7, 11) is 1.39. The predicted octanol–water partition coefficient (Wildman–Crippen LogP) is 4.84. The van der Waals surface area contributed by atoms with Crippen LogP contribution in [0.25, 0.3) is 0 Å². The summed E-state index contributed by atoms with van der Waals surface area (Å²) in [5.74, 6) is -0.479. The average Bonchev–Trinajstić information content (AvgIpc) is 3.24. The van der Waals surface area contributed by atoms with Crippen molar-refractivity contribution in [1.29, 1.82) is 0 Å². The van der Waals surface area contributed by atoms with Gasteiger partial charge in [-0.15, -0.1) is 0 Å². The number of rotatable bonds is 7. The summed E-state index contributed by atoms with van der Waals surface area (Å²) in [6.45, 7) is 4.48. The first-order chi connectivity index (χ1) is 16.0. The van der Waals surface area contributed by atoms with Gasteiger partial charge in [-0.25, -0.2) is 9.79 Å². The first-order valence-electron chi connectivity index (χ1n) is 10.9. The predicted molar refractivity (Wildman–Crippen MR) is 131 cm³/mol. The second kappa shape index (κ2) is 10.1. The van der Waals surface area contributed by atoms with Gasteiger partial charge in [0.1, 0.15) is 0 Å². The van der Waals surface area contributed by atoms with Gasteiger partial charge in [0.05, 0.1) is 30.8 Å². The molecule has 0 radical (unpaired) electrons. The molecule has 2 aliphatic rings. The highest BCUT2D eigenvalue weighted by atomic mass is 32.2. The SMILES string of the molecule is CCC1=C(C(=O)OC)C(c2ccccc2C)N2C(CC(=O)NCc3ccccc3)=CSC2=N1. The van der Waals surface area contributed by atoms with E-state index in [2.05, 4.69) is 5.32 Å². The molecule has 1 amide bonds. The molecular weight excluding hydrogens is 434 g/mol. The van der Waals surface area contributed by atoms with Crippen molar-refractivity contribution >= 4 is 28.8 Å². The van der Waals surface area contributed by atoms with E-state index in [0.717, 1.165) is 33.3 Å². The number of aryl methyl sites for hydroxylation is 1.